The number of hydrogen-bond donors (Lipinski definition) is 1. The van der Waals surface area contributed by atoms with Crippen molar-refractivity contribution in [3.63, 3.8) is 0 Å². The number of nitrogens with zero attached hydrogens (tertiary/aromatic N) is 2. The lowest BCUT2D eigenvalue weighted by molar-refractivity contribution is -0.00571. The Morgan fingerprint density at radius 1 is 1.03 bits per heavy atom. The first-order chi connectivity index (χ1) is 14.6. The summed E-state index contributed by atoms with van der Waals surface area (Å²) in [6.45, 7) is 1.76. The van der Waals surface area contributed by atoms with Gasteiger partial charge in [-0.3, -0.25) is 4.79 Å². The third-order valence-electron chi connectivity index (χ3n) is 5.81. The van der Waals surface area contributed by atoms with Gasteiger partial charge in [0.05, 0.1) is 18.7 Å². The van der Waals surface area contributed by atoms with Crippen molar-refractivity contribution in [2.24, 2.45) is 0 Å². The fraction of sp³-hybridized carbons (Fsp3) is 0.200. The number of aliphatic hydroxyl groups excluding tert-OH is 1. The zero-order chi connectivity index (χ0) is 21.3. The van der Waals surface area contributed by atoms with E-state index in [0.29, 0.717) is 5.56 Å². The summed E-state index contributed by atoms with van der Waals surface area (Å²) in [4.78, 5) is 14.4. The molecule has 1 N–H and O–H groups in total. The highest BCUT2D eigenvalue weighted by Crippen LogP contribution is 2.45. The first-order valence-corrected chi connectivity index (χ1v) is 9.80. The van der Waals surface area contributed by atoms with Gasteiger partial charge in [-0.15, -0.1) is 0 Å². The van der Waals surface area contributed by atoms with Gasteiger partial charge in [-0.1, -0.05) is 48.5 Å². The Bertz CT molecular complexity index is 1120. The molecule has 5 heteroatoms. The Balaban J connectivity index is 1.73. The van der Waals surface area contributed by atoms with E-state index in [2.05, 4.69) is 6.07 Å². The summed E-state index contributed by atoms with van der Waals surface area (Å²) in [6.07, 6.45) is 0. The van der Waals surface area contributed by atoms with Crippen LogP contribution in [0.5, 0.6) is 0 Å². The second kappa shape index (κ2) is 8.10. The fourth-order valence-corrected chi connectivity index (χ4v) is 4.31. The molecule has 1 saturated heterocycles. The van der Waals surface area contributed by atoms with E-state index in [9.17, 15) is 19.6 Å². The van der Waals surface area contributed by atoms with Gasteiger partial charge in [0.15, 0.2) is 0 Å². The number of rotatable bonds is 4. The number of benzene rings is 3. The van der Waals surface area contributed by atoms with Crippen LogP contribution >= 0.6 is 0 Å². The Labute approximate surface area is 174 Å². The maximum Gasteiger partial charge on any atom is 0.255 e. The molecule has 1 aliphatic heterocycles. The molecule has 1 amide bonds. The highest BCUT2D eigenvalue weighted by molar-refractivity contribution is 5.96. The number of halogens is 1. The van der Waals surface area contributed by atoms with Crippen LogP contribution in [0.3, 0.4) is 0 Å². The third kappa shape index (κ3) is 3.26. The number of carbonyl (C=O) groups is 1. The summed E-state index contributed by atoms with van der Waals surface area (Å²) in [5.74, 6) is -1.14. The van der Waals surface area contributed by atoms with Gasteiger partial charge in [0.1, 0.15) is 11.9 Å². The van der Waals surface area contributed by atoms with Gasteiger partial charge in [0.2, 0.25) is 0 Å². The Kier molecular flexibility index (Phi) is 5.35. The molecule has 4 rings (SSSR count). The smallest absolute Gasteiger partial charge is 0.255 e. The van der Waals surface area contributed by atoms with Crippen molar-refractivity contribution in [3.8, 4) is 17.2 Å². The molecule has 3 aromatic rings. The average Bonchev–Trinajstić information content (AvgIpc) is 2.75. The number of likely N-dealkylation sites (tertiary alicyclic amines) is 1. The summed E-state index contributed by atoms with van der Waals surface area (Å²) in [6, 6.07) is 22.0. The van der Waals surface area contributed by atoms with Gasteiger partial charge in [-0.25, -0.2) is 4.39 Å². The van der Waals surface area contributed by atoms with Gasteiger partial charge in [0.25, 0.3) is 5.91 Å². The van der Waals surface area contributed by atoms with Crippen molar-refractivity contribution in [1.29, 1.82) is 5.26 Å². The maximum absolute atomic E-state index is 13.2. The zero-order valence-electron chi connectivity index (χ0n) is 16.5. The molecule has 0 spiro atoms. The van der Waals surface area contributed by atoms with Crippen LogP contribution in [-0.4, -0.2) is 34.6 Å². The van der Waals surface area contributed by atoms with Crippen LogP contribution in [0.4, 0.5) is 4.39 Å². The van der Waals surface area contributed by atoms with Crippen LogP contribution in [0.25, 0.3) is 11.1 Å². The highest BCUT2D eigenvalue weighted by Gasteiger charge is 2.52. The molecule has 0 unspecified atom stereocenters. The molecule has 1 heterocycles. The van der Waals surface area contributed by atoms with Crippen molar-refractivity contribution in [3.05, 3.63) is 95.3 Å². The minimum Gasteiger partial charge on any atom is -0.394 e. The van der Waals surface area contributed by atoms with Crippen molar-refractivity contribution in [2.45, 2.75) is 24.9 Å². The molecule has 0 radical (unpaired) electrons. The first kappa shape index (κ1) is 19.8. The zero-order valence-corrected chi connectivity index (χ0v) is 16.5. The summed E-state index contributed by atoms with van der Waals surface area (Å²) < 4.78 is 13.2. The minimum atomic E-state index is -0.718. The van der Waals surface area contributed by atoms with E-state index in [1.807, 2.05) is 55.5 Å². The average molecular weight is 400 g/mol. The minimum absolute atomic E-state index is 0.266. The van der Waals surface area contributed by atoms with Crippen LogP contribution in [0.1, 0.15) is 27.4 Å². The number of hydrogen-bond acceptors (Lipinski definition) is 3. The largest absolute Gasteiger partial charge is 0.394 e. The molecule has 4 nitrogen and oxygen atoms in total. The van der Waals surface area contributed by atoms with E-state index in [-0.39, 0.29) is 18.4 Å². The van der Waals surface area contributed by atoms with E-state index >= 15 is 0 Å². The number of carbonyl (C=O) groups excluding carboxylic acids is 1. The standard InChI is InChI=1S/C25H21FN2O2/c1-16-6-2-3-7-19(16)20-8-4-5-9-21(20)24-22(14-27)28(23(24)15-29)25(30)17-10-12-18(26)13-11-17/h2-13,22-24,29H,15H2,1H3/t22-,23+,24-/m1/s1. The van der Waals surface area contributed by atoms with Crippen LogP contribution in [0, 0.1) is 24.1 Å². The molecule has 0 bridgehead atoms. The lowest BCUT2D eigenvalue weighted by Crippen LogP contribution is -2.65. The van der Waals surface area contributed by atoms with Gasteiger partial charge >= 0.3 is 0 Å². The van der Waals surface area contributed by atoms with Gasteiger partial charge < -0.3 is 10.0 Å². The highest BCUT2D eigenvalue weighted by atomic mass is 19.1. The summed E-state index contributed by atoms with van der Waals surface area (Å²) in [5.41, 5.74) is 4.39. The molecule has 0 aromatic heterocycles. The van der Waals surface area contributed by atoms with Crippen LogP contribution in [-0.2, 0) is 0 Å². The molecular formula is C25H21FN2O2. The molecule has 0 saturated carbocycles. The molecule has 3 aromatic carbocycles. The Morgan fingerprint density at radius 2 is 1.67 bits per heavy atom. The Hall–Kier alpha value is -3.49. The molecule has 0 aliphatic carbocycles. The predicted molar refractivity (Wildman–Crippen MR) is 112 cm³/mol. The van der Waals surface area contributed by atoms with E-state index in [4.69, 9.17) is 0 Å². The molecule has 1 fully saturated rings. The van der Waals surface area contributed by atoms with E-state index < -0.39 is 17.9 Å². The van der Waals surface area contributed by atoms with E-state index in [1.54, 1.807) is 0 Å². The van der Waals surface area contributed by atoms with Crippen LogP contribution in [0.15, 0.2) is 72.8 Å². The van der Waals surface area contributed by atoms with Crippen molar-refractivity contribution in [1.82, 2.24) is 4.90 Å². The molecule has 3 atom stereocenters. The maximum atomic E-state index is 13.2. The molecular weight excluding hydrogens is 379 g/mol. The van der Waals surface area contributed by atoms with Gasteiger partial charge in [0, 0.05) is 11.5 Å². The lowest BCUT2D eigenvalue weighted by Gasteiger charge is -2.52. The summed E-state index contributed by atoms with van der Waals surface area (Å²) >= 11 is 0. The monoisotopic (exact) mass is 400 g/mol. The molecule has 1 aliphatic rings. The normalized spacial score (nSPS) is 20.3. The Morgan fingerprint density at radius 3 is 2.30 bits per heavy atom. The van der Waals surface area contributed by atoms with Crippen molar-refractivity contribution < 1.29 is 14.3 Å². The number of aryl methyl sites for hydroxylation is 1. The van der Waals surface area contributed by atoms with Crippen LogP contribution < -0.4 is 0 Å². The van der Waals surface area contributed by atoms with Gasteiger partial charge in [-0.05, 0) is 53.4 Å². The molecule has 30 heavy (non-hydrogen) atoms. The first-order valence-electron chi connectivity index (χ1n) is 9.80. The van der Waals surface area contributed by atoms with E-state index in [1.165, 1.54) is 29.2 Å². The number of amides is 1. The topological polar surface area (TPSA) is 64.3 Å². The van der Waals surface area contributed by atoms with E-state index in [0.717, 1.165) is 22.3 Å². The quantitative estimate of drug-likeness (QED) is 0.710. The molecule has 150 valence electrons. The second-order valence-corrected chi connectivity index (χ2v) is 7.47. The second-order valence-electron chi connectivity index (χ2n) is 7.47. The van der Waals surface area contributed by atoms with Crippen molar-refractivity contribution >= 4 is 5.91 Å². The summed E-state index contributed by atoms with van der Waals surface area (Å²) in [5, 5.41) is 20.0. The van der Waals surface area contributed by atoms with Crippen molar-refractivity contribution in [2.75, 3.05) is 6.61 Å². The van der Waals surface area contributed by atoms with Gasteiger partial charge in [-0.2, -0.15) is 5.26 Å². The SMILES string of the molecule is Cc1ccccc1-c1ccccc1[C@@H]1[C@@H](C#N)N(C(=O)c2ccc(F)cc2)[C@H]1CO. The van der Waals surface area contributed by atoms with Crippen LogP contribution in [0.2, 0.25) is 0 Å². The predicted octanol–water partition coefficient (Wildman–Crippen LogP) is 4.29. The number of aliphatic hydroxyl groups is 1. The third-order valence-corrected chi connectivity index (χ3v) is 5.81. The fourth-order valence-electron chi connectivity index (χ4n) is 4.31. The lowest BCUT2D eigenvalue weighted by atomic mass is 9.73. The summed E-state index contributed by atoms with van der Waals surface area (Å²) in [7, 11) is 0. The number of nitriles is 1.